The van der Waals surface area contributed by atoms with E-state index in [0.717, 1.165) is 12.1 Å². The highest BCUT2D eigenvalue weighted by molar-refractivity contribution is 5.87. The van der Waals surface area contributed by atoms with Gasteiger partial charge in [0.15, 0.2) is 6.10 Å². The monoisotopic (exact) mass is 349 g/mol. The number of nitrogens with one attached hydrogen (secondary N) is 1. The van der Waals surface area contributed by atoms with Gasteiger partial charge in [0.2, 0.25) is 0 Å². The van der Waals surface area contributed by atoms with Gasteiger partial charge in [-0.15, -0.1) is 0 Å². The predicted octanol–water partition coefficient (Wildman–Crippen LogP) is 1.17. The van der Waals surface area contributed by atoms with Gasteiger partial charge in [-0.3, -0.25) is 9.59 Å². The number of hydrogen-bond acceptors (Lipinski definition) is 4. The van der Waals surface area contributed by atoms with Crippen molar-refractivity contribution in [3.8, 4) is 0 Å². The minimum absolute atomic E-state index is 0.164. The van der Waals surface area contributed by atoms with Gasteiger partial charge in [-0.1, -0.05) is 12.1 Å². The topological polar surface area (TPSA) is 124 Å². The van der Waals surface area contributed by atoms with Crippen LogP contribution in [0.25, 0.3) is 0 Å². The van der Waals surface area contributed by atoms with E-state index in [1.807, 2.05) is 5.32 Å². The first kappa shape index (κ1) is 19.4. The molecule has 0 heterocycles. The lowest BCUT2D eigenvalue weighted by Gasteiger charge is -2.17. The number of amides is 1. The number of aliphatic hydroxyl groups is 1. The molecule has 0 aliphatic heterocycles. The maximum atomic E-state index is 12.4. The van der Waals surface area contributed by atoms with Crippen LogP contribution in [0.4, 0.5) is 13.2 Å². The molecule has 0 bridgehead atoms. The summed E-state index contributed by atoms with van der Waals surface area (Å²) < 4.78 is 37.3. The predicted molar refractivity (Wildman–Crippen MR) is 72.8 cm³/mol. The number of rotatable bonds is 7. The fourth-order valence-corrected chi connectivity index (χ4v) is 1.78. The SMILES string of the molecule is O=C(O)CC[C@H](NC(=O)[C@H](O)c1ccc(C(F)(F)F)cc1)C(=O)O. The molecule has 0 saturated heterocycles. The Hall–Kier alpha value is -2.62. The molecule has 0 spiro atoms. The third-order valence-electron chi connectivity index (χ3n) is 3.06. The first-order valence-electron chi connectivity index (χ1n) is 6.62. The van der Waals surface area contributed by atoms with Crippen molar-refractivity contribution in [1.29, 1.82) is 0 Å². The summed E-state index contributed by atoms with van der Waals surface area (Å²) in [5.74, 6) is -3.92. The number of carboxylic acids is 2. The van der Waals surface area contributed by atoms with Gasteiger partial charge in [-0.05, 0) is 24.1 Å². The lowest BCUT2D eigenvalue weighted by Crippen LogP contribution is -2.43. The highest BCUT2D eigenvalue weighted by Gasteiger charge is 2.31. The quantitative estimate of drug-likeness (QED) is 0.586. The summed E-state index contributed by atoms with van der Waals surface area (Å²) in [6.07, 6.45) is -7.39. The molecule has 24 heavy (non-hydrogen) atoms. The molecule has 4 N–H and O–H groups in total. The Morgan fingerprint density at radius 1 is 1.08 bits per heavy atom. The third-order valence-corrected chi connectivity index (χ3v) is 3.06. The number of carbonyl (C=O) groups excluding carboxylic acids is 1. The average molecular weight is 349 g/mol. The van der Waals surface area contributed by atoms with Gasteiger partial charge in [-0.2, -0.15) is 13.2 Å². The van der Waals surface area contributed by atoms with Crippen molar-refractivity contribution in [3.63, 3.8) is 0 Å². The Morgan fingerprint density at radius 3 is 2.04 bits per heavy atom. The van der Waals surface area contributed by atoms with Crippen LogP contribution in [0.5, 0.6) is 0 Å². The van der Waals surface area contributed by atoms with Crippen LogP contribution >= 0.6 is 0 Å². The van der Waals surface area contributed by atoms with E-state index in [-0.39, 0.29) is 5.56 Å². The van der Waals surface area contributed by atoms with Crippen molar-refractivity contribution < 1.29 is 42.9 Å². The summed E-state index contributed by atoms with van der Waals surface area (Å²) >= 11 is 0. The van der Waals surface area contributed by atoms with E-state index in [4.69, 9.17) is 10.2 Å². The minimum atomic E-state index is -4.57. The Morgan fingerprint density at radius 2 is 1.62 bits per heavy atom. The van der Waals surface area contributed by atoms with E-state index in [0.29, 0.717) is 12.1 Å². The molecule has 1 rings (SSSR count). The van der Waals surface area contributed by atoms with Crippen LogP contribution in [0, 0.1) is 0 Å². The van der Waals surface area contributed by atoms with Gasteiger partial charge in [0.05, 0.1) is 5.56 Å². The number of halogens is 3. The normalized spacial score (nSPS) is 13.8. The second kappa shape index (κ2) is 7.77. The summed E-state index contributed by atoms with van der Waals surface area (Å²) in [6.45, 7) is 0. The van der Waals surface area contributed by atoms with E-state index < -0.39 is 54.6 Å². The number of aliphatic carboxylic acids is 2. The minimum Gasteiger partial charge on any atom is -0.481 e. The van der Waals surface area contributed by atoms with Crippen molar-refractivity contribution in [1.82, 2.24) is 5.32 Å². The average Bonchev–Trinajstić information content (AvgIpc) is 2.49. The molecular formula is C14H14F3NO6. The Balaban J connectivity index is 2.78. The third kappa shape index (κ3) is 5.54. The molecule has 0 unspecified atom stereocenters. The van der Waals surface area contributed by atoms with Gasteiger partial charge in [0.1, 0.15) is 6.04 Å². The molecule has 1 aromatic rings. The number of aliphatic hydroxyl groups excluding tert-OH is 1. The lowest BCUT2D eigenvalue weighted by atomic mass is 10.1. The van der Waals surface area contributed by atoms with Crippen molar-refractivity contribution in [2.75, 3.05) is 0 Å². The molecule has 7 nitrogen and oxygen atoms in total. The highest BCUT2D eigenvalue weighted by atomic mass is 19.4. The second-order valence-electron chi connectivity index (χ2n) is 4.85. The second-order valence-corrected chi connectivity index (χ2v) is 4.85. The molecule has 0 fully saturated rings. The zero-order chi connectivity index (χ0) is 18.5. The molecule has 0 radical (unpaired) electrons. The maximum Gasteiger partial charge on any atom is 0.416 e. The highest BCUT2D eigenvalue weighted by Crippen LogP contribution is 2.29. The summed E-state index contributed by atoms with van der Waals surface area (Å²) in [6, 6.07) is 1.58. The molecule has 10 heteroatoms. The molecule has 132 valence electrons. The van der Waals surface area contributed by atoms with Crippen LogP contribution in [0.15, 0.2) is 24.3 Å². The summed E-state index contributed by atoms with van der Waals surface area (Å²) in [4.78, 5) is 33.2. The Kier molecular flexibility index (Phi) is 6.29. The van der Waals surface area contributed by atoms with Crippen LogP contribution in [0.1, 0.15) is 30.1 Å². The van der Waals surface area contributed by atoms with Crippen LogP contribution in [0.2, 0.25) is 0 Å². The summed E-state index contributed by atoms with van der Waals surface area (Å²) in [5, 5.41) is 29.1. The van der Waals surface area contributed by atoms with E-state index >= 15 is 0 Å². The first-order valence-corrected chi connectivity index (χ1v) is 6.62. The molecule has 2 atom stereocenters. The van der Waals surface area contributed by atoms with Gasteiger partial charge >= 0.3 is 18.1 Å². The molecule has 0 aliphatic carbocycles. The summed E-state index contributed by atoms with van der Waals surface area (Å²) in [7, 11) is 0. The molecule has 1 amide bonds. The largest absolute Gasteiger partial charge is 0.481 e. The smallest absolute Gasteiger partial charge is 0.416 e. The standard InChI is InChI=1S/C14H14F3NO6/c15-14(16,17)8-3-1-7(2-4-8)11(21)12(22)18-9(13(23)24)5-6-10(19)20/h1-4,9,11,21H,5-6H2,(H,18,22)(H,19,20)(H,23,24)/t9-,11+/m0/s1. The molecule has 1 aromatic carbocycles. The first-order chi connectivity index (χ1) is 11.0. The van der Waals surface area contributed by atoms with Crippen molar-refractivity contribution in [2.24, 2.45) is 0 Å². The summed E-state index contributed by atoms with van der Waals surface area (Å²) in [5.41, 5.74) is -1.13. The van der Waals surface area contributed by atoms with Crippen molar-refractivity contribution >= 4 is 17.8 Å². The van der Waals surface area contributed by atoms with Crippen molar-refractivity contribution in [2.45, 2.75) is 31.2 Å². The maximum absolute atomic E-state index is 12.4. The van der Waals surface area contributed by atoms with Crippen molar-refractivity contribution in [3.05, 3.63) is 35.4 Å². The number of hydrogen-bond donors (Lipinski definition) is 4. The van der Waals surface area contributed by atoms with Gasteiger partial charge < -0.3 is 20.6 Å². The zero-order valence-corrected chi connectivity index (χ0v) is 12.1. The van der Waals surface area contributed by atoms with Crippen LogP contribution in [-0.2, 0) is 20.6 Å². The zero-order valence-electron chi connectivity index (χ0n) is 12.1. The van der Waals surface area contributed by atoms with E-state index in [9.17, 15) is 32.7 Å². The molecule has 0 saturated carbocycles. The fraction of sp³-hybridized carbons (Fsp3) is 0.357. The number of benzene rings is 1. The Labute approximate surface area is 133 Å². The van der Waals surface area contributed by atoms with Gasteiger partial charge in [0, 0.05) is 6.42 Å². The van der Waals surface area contributed by atoms with E-state index in [1.165, 1.54) is 0 Å². The Bertz CT molecular complexity index is 614. The molecular weight excluding hydrogens is 335 g/mol. The fourth-order valence-electron chi connectivity index (χ4n) is 1.78. The number of alkyl halides is 3. The molecule has 0 aromatic heterocycles. The van der Waals surface area contributed by atoms with Crippen LogP contribution in [-0.4, -0.2) is 39.2 Å². The number of carbonyl (C=O) groups is 3. The number of carboxylic acid groups (broad SMARTS) is 2. The van der Waals surface area contributed by atoms with Crippen LogP contribution < -0.4 is 5.32 Å². The van der Waals surface area contributed by atoms with Crippen LogP contribution in [0.3, 0.4) is 0 Å². The molecule has 0 aliphatic rings. The van der Waals surface area contributed by atoms with E-state index in [2.05, 4.69) is 0 Å². The van der Waals surface area contributed by atoms with Gasteiger partial charge in [-0.25, -0.2) is 4.79 Å². The lowest BCUT2D eigenvalue weighted by molar-refractivity contribution is -0.144. The van der Waals surface area contributed by atoms with E-state index in [1.54, 1.807) is 0 Å². The van der Waals surface area contributed by atoms with Gasteiger partial charge in [0.25, 0.3) is 5.91 Å².